The summed E-state index contributed by atoms with van der Waals surface area (Å²) in [5, 5.41) is 9.78. The summed E-state index contributed by atoms with van der Waals surface area (Å²) in [6.07, 6.45) is -6.88. The van der Waals surface area contributed by atoms with E-state index in [0.717, 1.165) is 0 Å². The van der Waals surface area contributed by atoms with Gasteiger partial charge in [0.25, 0.3) is 0 Å². The van der Waals surface area contributed by atoms with Crippen LogP contribution in [0.1, 0.15) is 13.8 Å². The number of carboxylic acids is 1. The predicted molar refractivity (Wildman–Crippen MR) is 46.0 cm³/mol. The van der Waals surface area contributed by atoms with E-state index in [1.807, 2.05) is 4.74 Å². The number of ether oxygens (including phenoxy) is 1. The second-order valence-corrected chi connectivity index (χ2v) is 4.43. The molecule has 0 aliphatic heterocycles. The molecule has 0 spiro atoms. The van der Waals surface area contributed by atoms with Crippen LogP contribution in [-0.2, 0) is 9.53 Å². The van der Waals surface area contributed by atoms with Crippen molar-refractivity contribution in [2.45, 2.75) is 49.5 Å². The normalized spacial score (nSPS) is 17.8. The summed E-state index contributed by atoms with van der Waals surface area (Å²) in [5.41, 5.74) is 0. The summed E-state index contributed by atoms with van der Waals surface area (Å²) < 4.78 is 144. The number of carbonyl (C=O) groups excluding carboxylic acids is 1. The zero-order valence-corrected chi connectivity index (χ0v) is 10.9. The van der Waals surface area contributed by atoms with E-state index in [4.69, 9.17) is 0 Å². The minimum atomic E-state index is -6.88. The molecule has 0 N–H and O–H groups in total. The van der Waals surface area contributed by atoms with Crippen LogP contribution in [0.3, 0.4) is 0 Å². The van der Waals surface area contributed by atoms with Gasteiger partial charge in [-0.15, -0.1) is 0 Å². The molecule has 0 radical (unpaired) electrons. The summed E-state index contributed by atoms with van der Waals surface area (Å²) in [7, 11) is 0. The number of hydrogen-bond donors (Lipinski definition) is 0. The number of hydrogen-bond acceptors (Lipinski definition) is 3. The first kappa shape index (κ1) is 21.7. The number of halogens is 11. The van der Waals surface area contributed by atoms with Crippen molar-refractivity contribution in [1.82, 2.24) is 0 Å². The molecule has 14 heteroatoms. The maximum atomic E-state index is 13.6. The second kappa shape index (κ2) is 5.34. The molecule has 0 saturated heterocycles. The zero-order chi connectivity index (χ0) is 19.3. The Kier molecular flexibility index (Phi) is 5.03. The van der Waals surface area contributed by atoms with E-state index < -0.39 is 55.5 Å². The highest BCUT2D eigenvalue weighted by atomic mass is 19.3. The average molecular weight is 371 g/mol. The average Bonchev–Trinajstić information content (AvgIpc) is 2.24. The summed E-state index contributed by atoms with van der Waals surface area (Å²) in [6.45, 7) is -1.83. The predicted octanol–water partition coefficient (Wildman–Crippen LogP) is 2.59. The van der Waals surface area contributed by atoms with Crippen LogP contribution in [0.4, 0.5) is 48.3 Å². The first-order valence-corrected chi connectivity index (χ1v) is 5.15. The molecule has 138 valence electrons. The first-order chi connectivity index (χ1) is 9.65. The molecule has 1 unspecified atom stereocenters. The van der Waals surface area contributed by atoms with Crippen molar-refractivity contribution in [2.24, 2.45) is 0 Å². The molecule has 0 aliphatic carbocycles. The molecule has 0 fully saturated rings. The largest absolute Gasteiger partial charge is 0.544 e. The van der Waals surface area contributed by atoms with Crippen LogP contribution >= 0.6 is 0 Å². The highest BCUT2D eigenvalue weighted by Crippen LogP contribution is 2.55. The lowest BCUT2D eigenvalue weighted by Crippen LogP contribution is -2.69. The maximum absolute atomic E-state index is 13.6. The summed E-state index contributed by atoms with van der Waals surface area (Å²) in [5.74, 6) is -35.7. The Morgan fingerprint density at radius 2 is 1.13 bits per heavy atom. The maximum Gasteiger partial charge on any atom is 0.428 e. The number of rotatable bonds is 7. The number of carboxylic acid groups (broad SMARTS) is 1. The van der Waals surface area contributed by atoms with Gasteiger partial charge in [0.05, 0.1) is 0 Å². The van der Waals surface area contributed by atoms with Gasteiger partial charge in [0.2, 0.25) is 0 Å². The van der Waals surface area contributed by atoms with Crippen LogP contribution in [0.2, 0.25) is 0 Å². The smallest absolute Gasteiger partial charge is 0.428 e. The fraction of sp³-hybridized carbons (Fsp3) is 0.889. The highest BCUT2D eigenvalue weighted by molar-refractivity contribution is 5.74. The molecule has 0 bridgehead atoms. The number of alkyl halides is 11. The molecule has 23 heavy (non-hydrogen) atoms. The first-order valence-electron chi connectivity index (χ1n) is 5.15. The highest BCUT2D eigenvalue weighted by Gasteiger charge is 2.81. The zero-order valence-electron chi connectivity index (χ0n) is 10.9. The molecular formula is C9H6F11O3-. The molecular weight excluding hydrogens is 365 g/mol. The Hall–Kier alpha value is -1.34. The fourth-order valence-corrected chi connectivity index (χ4v) is 1.07. The molecule has 0 aromatic rings. The molecule has 0 aromatic heterocycles. The Labute approximate surface area is 120 Å². The summed E-state index contributed by atoms with van der Waals surface area (Å²) in [6, 6.07) is 0. The second-order valence-electron chi connectivity index (χ2n) is 4.43. The van der Waals surface area contributed by atoms with Gasteiger partial charge in [-0.25, -0.2) is 8.78 Å². The third-order valence-corrected chi connectivity index (χ3v) is 2.41. The van der Waals surface area contributed by atoms with E-state index in [1.54, 1.807) is 0 Å². The molecule has 0 rings (SSSR count). The van der Waals surface area contributed by atoms with Crippen LogP contribution < -0.4 is 5.11 Å². The van der Waals surface area contributed by atoms with Gasteiger partial charge in [-0.2, -0.15) is 39.5 Å². The number of carbonyl (C=O) groups is 1. The molecule has 1 atom stereocenters. The van der Waals surface area contributed by atoms with Crippen molar-refractivity contribution in [2.75, 3.05) is 0 Å². The quantitative estimate of drug-likeness (QED) is 0.647. The minimum Gasteiger partial charge on any atom is -0.544 e. The topological polar surface area (TPSA) is 49.4 Å². The third-order valence-electron chi connectivity index (χ3n) is 2.41. The number of aliphatic carboxylic acids is 1. The Balaban J connectivity index is 6.25. The van der Waals surface area contributed by atoms with Gasteiger partial charge in [0, 0.05) is 13.8 Å². The van der Waals surface area contributed by atoms with Crippen molar-refractivity contribution in [3.8, 4) is 0 Å². The van der Waals surface area contributed by atoms with Gasteiger partial charge in [-0.1, -0.05) is 0 Å². The van der Waals surface area contributed by atoms with Crippen LogP contribution in [-0.4, -0.2) is 41.6 Å². The monoisotopic (exact) mass is 371 g/mol. The molecule has 0 heterocycles. The van der Waals surface area contributed by atoms with E-state index in [0.29, 0.717) is 0 Å². The van der Waals surface area contributed by atoms with Crippen molar-refractivity contribution < 1.29 is 62.9 Å². The van der Waals surface area contributed by atoms with Gasteiger partial charge >= 0.3 is 35.7 Å². The van der Waals surface area contributed by atoms with Gasteiger partial charge in [0.1, 0.15) is 5.97 Å². The molecule has 0 saturated carbocycles. The van der Waals surface area contributed by atoms with Crippen LogP contribution in [0, 0.1) is 0 Å². The standard InChI is InChI=1S/C9H7F11O3/c1-4(10,11)7(16,17)8(18,5(2,12)13)23-9(19,20)6(14,15)3(21)22/h1-2H3,(H,21,22)/p-1. The van der Waals surface area contributed by atoms with E-state index in [1.165, 1.54) is 0 Å². The van der Waals surface area contributed by atoms with E-state index >= 15 is 0 Å². The molecule has 0 amide bonds. The van der Waals surface area contributed by atoms with Crippen molar-refractivity contribution >= 4 is 5.97 Å². The van der Waals surface area contributed by atoms with Crippen molar-refractivity contribution in [3.63, 3.8) is 0 Å². The molecule has 0 aromatic carbocycles. The van der Waals surface area contributed by atoms with Gasteiger partial charge < -0.3 is 9.90 Å². The van der Waals surface area contributed by atoms with Gasteiger partial charge in [0.15, 0.2) is 0 Å². The fourth-order valence-electron chi connectivity index (χ4n) is 1.07. The molecule has 3 nitrogen and oxygen atoms in total. The van der Waals surface area contributed by atoms with E-state index in [2.05, 4.69) is 0 Å². The van der Waals surface area contributed by atoms with E-state index in [-0.39, 0.29) is 0 Å². The van der Waals surface area contributed by atoms with Crippen molar-refractivity contribution in [3.05, 3.63) is 0 Å². The van der Waals surface area contributed by atoms with Crippen LogP contribution in [0.15, 0.2) is 0 Å². The lowest BCUT2D eigenvalue weighted by atomic mass is 9.98. The Bertz CT molecular complexity index is 464. The third kappa shape index (κ3) is 3.30. The van der Waals surface area contributed by atoms with Crippen LogP contribution in [0.5, 0.6) is 0 Å². The van der Waals surface area contributed by atoms with Crippen LogP contribution in [0.25, 0.3) is 0 Å². The SMILES string of the molecule is CC(F)(F)C(F)(F)C(F)(OC(F)(F)C(F)(F)C(=O)[O-])C(C)(F)F. The van der Waals surface area contributed by atoms with Gasteiger partial charge in [-0.05, 0) is 0 Å². The minimum absolute atomic E-state index is 0.883. The van der Waals surface area contributed by atoms with E-state index in [9.17, 15) is 58.2 Å². The summed E-state index contributed by atoms with van der Waals surface area (Å²) in [4.78, 5) is 9.78. The Morgan fingerprint density at radius 3 is 1.35 bits per heavy atom. The lowest BCUT2D eigenvalue weighted by Gasteiger charge is -2.42. The lowest BCUT2D eigenvalue weighted by molar-refractivity contribution is -0.484. The van der Waals surface area contributed by atoms with Gasteiger partial charge in [-0.3, -0.25) is 4.74 Å². The Morgan fingerprint density at radius 1 is 0.783 bits per heavy atom. The van der Waals surface area contributed by atoms with Crippen molar-refractivity contribution in [1.29, 1.82) is 0 Å². The molecule has 0 aliphatic rings. The summed E-state index contributed by atoms with van der Waals surface area (Å²) >= 11 is 0.